The summed E-state index contributed by atoms with van der Waals surface area (Å²) < 4.78 is 0. The summed E-state index contributed by atoms with van der Waals surface area (Å²) in [7, 11) is 0. The molecule has 3 rings (SSSR count). The fourth-order valence-electron chi connectivity index (χ4n) is 3.31. The van der Waals surface area contributed by atoms with Crippen LogP contribution >= 0.6 is 0 Å². The van der Waals surface area contributed by atoms with Gasteiger partial charge >= 0.3 is 0 Å². The molecule has 1 aromatic carbocycles. The maximum absolute atomic E-state index is 3.83. The lowest BCUT2D eigenvalue weighted by molar-refractivity contribution is 0.344. The van der Waals surface area contributed by atoms with Crippen LogP contribution in [0.1, 0.15) is 32.3 Å². The van der Waals surface area contributed by atoms with Crippen LogP contribution in [0.3, 0.4) is 0 Å². The van der Waals surface area contributed by atoms with E-state index in [9.17, 15) is 0 Å². The molecule has 0 spiro atoms. The minimum Gasteiger partial charge on any atom is -0.361 e. The summed E-state index contributed by atoms with van der Waals surface area (Å²) >= 11 is 0. The van der Waals surface area contributed by atoms with E-state index >= 15 is 0 Å². The summed E-state index contributed by atoms with van der Waals surface area (Å²) in [4.78, 5) is 3.37. The first kappa shape index (κ1) is 14.2. The molecular formula is C19H24N2. The Hall–Kier alpha value is -1.80. The van der Waals surface area contributed by atoms with Gasteiger partial charge in [-0.3, -0.25) is 0 Å². The molecule has 1 heterocycles. The Morgan fingerprint density at radius 1 is 1.29 bits per heavy atom. The van der Waals surface area contributed by atoms with Gasteiger partial charge in [-0.15, -0.1) is 0 Å². The molecule has 21 heavy (non-hydrogen) atoms. The van der Waals surface area contributed by atoms with Crippen molar-refractivity contribution in [3.05, 3.63) is 60.3 Å². The van der Waals surface area contributed by atoms with Gasteiger partial charge in [-0.2, -0.15) is 0 Å². The van der Waals surface area contributed by atoms with Gasteiger partial charge in [-0.05, 0) is 37.8 Å². The van der Waals surface area contributed by atoms with E-state index in [0.717, 1.165) is 19.3 Å². The Bertz CT molecular complexity index is 665. The van der Waals surface area contributed by atoms with Crippen molar-refractivity contribution in [2.75, 3.05) is 0 Å². The maximum atomic E-state index is 3.83. The molecule has 0 amide bonds. The van der Waals surface area contributed by atoms with Gasteiger partial charge in [0.15, 0.2) is 0 Å². The fourth-order valence-corrected chi connectivity index (χ4v) is 3.31. The summed E-state index contributed by atoms with van der Waals surface area (Å²) in [5, 5.41) is 5.18. The third kappa shape index (κ3) is 2.96. The molecule has 1 aliphatic rings. The predicted molar refractivity (Wildman–Crippen MR) is 90.5 cm³/mol. The highest BCUT2D eigenvalue weighted by molar-refractivity contribution is 5.83. The highest BCUT2D eigenvalue weighted by Gasteiger charge is 2.26. The topological polar surface area (TPSA) is 27.8 Å². The lowest BCUT2D eigenvalue weighted by Gasteiger charge is -2.34. The quantitative estimate of drug-likeness (QED) is 0.837. The van der Waals surface area contributed by atoms with Gasteiger partial charge in [-0.1, -0.05) is 49.4 Å². The van der Waals surface area contributed by atoms with Gasteiger partial charge in [0, 0.05) is 28.7 Å². The molecule has 2 atom stereocenters. The van der Waals surface area contributed by atoms with Crippen molar-refractivity contribution in [3.8, 4) is 0 Å². The number of aromatic nitrogens is 1. The van der Waals surface area contributed by atoms with Crippen LogP contribution < -0.4 is 5.32 Å². The Labute approximate surface area is 127 Å². The number of hydrogen-bond donors (Lipinski definition) is 2. The number of rotatable bonds is 5. The second kappa shape index (κ2) is 5.90. The van der Waals surface area contributed by atoms with Crippen LogP contribution in [-0.2, 0) is 6.42 Å². The standard InChI is InChI=1S/C19H24N2/c1-3-19(11-7-4-8-12-19)21-15(2)13-16-14-20-18-10-6-5-9-17(16)18/h4-11,14-15,20-21H,3,12-13H2,1-2H3/t15?,19-/m0/s1. The molecule has 2 heteroatoms. The van der Waals surface area contributed by atoms with Crippen molar-refractivity contribution in [2.24, 2.45) is 0 Å². The van der Waals surface area contributed by atoms with Gasteiger partial charge in [0.05, 0.1) is 0 Å². The number of aromatic amines is 1. The predicted octanol–water partition coefficient (Wildman–Crippen LogP) is 4.35. The van der Waals surface area contributed by atoms with E-state index in [-0.39, 0.29) is 5.54 Å². The van der Waals surface area contributed by atoms with Crippen LogP contribution in [0.25, 0.3) is 10.9 Å². The Kier molecular flexibility index (Phi) is 3.98. The minimum atomic E-state index is 0.125. The van der Waals surface area contributed by atoms with E-state index in [1.165, 1.54) is 16.5 Å². The molecule has 0 fully saturated rings. The van der Waals surface area contributed by atoms with Gasteiger partial charge in [-0.25, -0.2) is 0 Å². The van der Waals surface area contributed by atoms with Gasteiger partial charge in [0.25, 0.3) is 0 Å². The Morgan fingerprint density at radius 3 is 2.90 bits per heavy atom. The molecule has 0 bridgehead atoms. The van der Waals surface area contributed by atoms with Crippen molar-refractivity contribution in [1.29, 1.82) is 0 Å². The van der Waals surface area contributed by atoms with E-state index < -0.39 is 0 Å². The zero-order chi connectivity index (χ0) is 14.7. The molecule has 1 unspecified atom stereocenters. The van der Waals surface area contributed by atoms with Crippen molar-refractivity contribution in [1.82, 2.24) is 10.3 Å². The number of allylic oxidation sites excluding steroid dienone is 2. The summed E-state index contributed by atoms with van der Waals surface area (Å²) in [6.07, 6.45) is 14.3. The number of nitrogens with one attached hydrogen (secondary N) is 2. The average Bonchev–Trinajstić information content (AvgIpc) is 2.91. The monoisotopic (exact) mass is 280 g/mol. The van der Waals surface area contributed by atoms with Gasteiger partial charge in [0.2, 0.25) is 0 Å². The van der Waals surface area contributed by atoms with Crippen LogP contribution in [0.5, 0.6) is 0 Å². The van der Waals surface area contributed by atoms with E-state index in [0.29, 0.717) is 6.04 Å². The molecular weight excluding hydrogens is 256 g/mol. The zero-order valence-electron chi connectivity index (χ0n) is 12.9. The van der Waals surface area contributed by atoms with Gasteiger partial charge in [0.1, 0.15) is 0 Å². The zero-order valence-corrected chi connectivity index (χ0v) is 12.9. The number of para-hydroxylation sites is 1. The van der Waals surface area contributed by atoms with E-state index in [1.807, 2.05) is 0 Å². The lowest BCUT2D eigenvalue weighted by atomic mass is 9.87. The van der Waals surface area contributed by atoms with E-state index in [4.69, 9.17) is 0 Å². The SMILES string of the molecule is CC[C@]1(NC(C)Cc2c[nH]c3ccccc23)C=CC=CC1. The lowest BCUT2D eigenvalue weighted by Crippen LogP contribution is -2.48. The summed E-state index contributed by atoms with van der Waals surface area (Å²) in [5.41, 5.74) is 2.75. The van der Waals surface area contributed by atoms with E-state index in [2.05, 4.69) is 78.9 Å². The molecule has 0 radical (unpaired) electrons. The van der Waals surface area contributed by atoms with Crippen LogP contribution in [0.2, 0.25) is 0 Å². The highest BCUT2D eigenvalue weighted by Crippen LogP contribution is 2.24. The Balaban J connectivity index is 1.73. The van der Waals surface area contributed by atoms with Crippen molar-refractivity contribution in [2.45, 2.75) is 44.7 Å². The maximum Gasteiger partial charge on any atom is 0.0456 e. The summed E-state index contributed by atoms with van der Waals surface area (Å²) in [6.45, 7) is 4.54. The first-order valence-electron chi connectivity index (χ1n) is 7.89. The third-order valence-electron chi connectivity index (χ3n) is 4.51. The normalized spacial score (nSPS) is 22.8. The second-order valence-electron chi connectivity index (χ2n) is 6.11. The van der Waals surface area contributed by atoms with Crippen molar-refractivity contribution < 1.29 is 0 Å². The van der Waals surface area contributed by atoms with Crippen LogP contribution in [-0.4, -0.2) is 16.6 Å². The number of hydrogen-bond acceptors (Lipinski definition) is 1. The number of H-pyrrole nitrogens is 1. The summed E-state index contributed by atoms with van der Waals surface area (Å²) in [5.74, 6) is 0. The fraction of sp³-hybridized carbons (Fsp3) is 0.368. The van der Waals surface area contributed by atoms with Crippen LogP contribution in [0.15, 0.2) is 54.8 Å². The third-order valence-corrected chi connectivity index (χ3v) is 4.51. The van der Waals surface area contributed by atoms with Crippen molar-refractivity contribution in [3.63, 3.8) is 0 Å². The molecule has 2 nitrogen and oxygen atoms in total. The molecule has 1 aliphatic carbocycles. The molecule has 0 aliphatic heterocycles. The smallest absolute Gasteiger partial charge is 0.0456 e. The number of fused-ring (bicyclic) bond motifs is 1. The van der Waals surface area contributed by atoms with E-state index in [1.54, 1.807) is 0 Å². The van der Waals surface area contributed by atoms with Crippen LogP contribution in [0, 0.1) is 0 Å². The molecule has 110 valence electrons. The first-order valence-corrected chi connectivity index (χ1v) is 7.89. The first-order chi connectivity index (χ1) is 10.2. The Morgan fingerprint density at radius 2 is 2.14 bits per heavy atom. The number of benzene rings is 1. The summed E-state index contributed by atoms with van der Waals surface area (Å²) in [6, 6.07) is 8.97. The molecule has 2 aromatic rings. The van der Waals surface area contributed by atoms with Crippen molar-refractivity contribution >= 4 is 10.9 Å². The average molecular weight is 280 g/mol. The second-order valence-corrected chi connectivity index (χ2v) is 6.11. The molecule has 0 saturated carbocycles. The van der Waals surface area contributed by atoms with Crippen LogP contribution in [0.4, 0.5) is 0 Å². The molecule has 1 aromatic heterocycles. The largest absolute Gasteiger partial charge is 0.361 e. The highest BCUT2D eigenvalue weighted by atomic mass is 15.0. The van der Waals surface area contributed by atoms with Gasteiger partial charge < -0.3 is 10.3 Å². The minimum absolute atomic E-state index is 0.125. The molecule has 0 saturated heterocycles. The molecule has 2 N–H and O–H groups in total.